The Morgan fingerprint density at radius 1 is 0.397 bits per heavy atom. The number of carbonyl (C=O) groups excluding carboxylic acids is 2. The molecule has 0 rings (SSSR count). The molecule has 0 radical (unpaired) electrons. The predicted octanol–water partition coefficient (Wildman–Crippen LogP) is 17.5. The van der Waals surface area contributed by atoms with Crippen molar-refractivity contribution in [2.75, 3.05) is 6.61 Å². The van der Waals surface area contributed by atoms with Crippen molar-refractivity contribution in [1.29, 1.82) is 0 Å². The van der Waals surface area contributed by atoms with E-state index in [0.29, 0.717) is 19.3 Å². The molecule has 3 N–H and O–H groups in total. The molecule has 0 bridgehead atoms. The van der Waals surface area contributed by atoms with Crippen LogP contribution in [0.4, 0.5) is 0 Å². The molecule has 0 aliphatic carbocycles. The second-order valence-corrected chi connectivity index (χ2v) is 20.1. The van der Waals surface area contributed by atoms with E-state index in [1.807, 2.05) is 0 Å². The third-order valence-electron chi connectivity index (χ3n) is 13.7. The van der Waals surface area contributed by atoms with Crippen LogP contribution in [0.2, 0.25) is 0 Å². The molecule has 3 unspecified atom stereocenters. The van der Waals surface area contributed by atoms with E-state index < -0.39 is 18.2 Å². The van der Waals surface area contributed by atoms with Crippen molar-refractivity contribution < 1.29 is 24.5 Å². The lowest BCUT2D eigenvalue weighted by molar-refractivity contribution is -0.151. The minimum absolute atomic E-state index is 0.0885. The number of nitrogens with one attached hydrogen (secondary N) is 1. The molecule has 0 aromatic rings. The van der Waals surface area contributed by atoms with Gasteiger partial charge < -0.3 is 20.3 Å². The van der Waals surface area contributed by atoms with Crippen LogP contribution in [0.1, 0.15) is 329 Å². The molecule has 0 aliphatic heterocycles. The molecule has 0 aliphatic rings. The van der Waals surface area contributed by atoms with Crippen LogP contribution in [0.15, 0.2) is 0 Å². The first-order valence-corrected chi connectivity index (χ1v) is 28.8. The van der Waals surface area contributed by atoms with E-state index >= 15 is 0 Å². The first kappa shape index (κ1) is 61.9. The number of hydrogen-bond donors (Lipinski definition) is 3. The first-order valence-electron chi connectivity index (χ1n) is 28.8. The van der Waals surface area contributed by atoms with Gasteiger partial charge in [-0.3, -0.25) is 9.59 Å². The van der Waals surface area contributed by atoms with Gasteiger partial charge in [0.05, 0.1) is 25.2 Å². The number of aliphatic hydroxyl groups is 2. The Morgan fingerprint density at radius 2 is 0.667 bits per heavy atom. The number of esters is 1. The monoisotopic (exact) mass is 892 g/mol. The number of unbranched alkanes of at least 4 members (excludes halogenated alkanes) is 41. The van der Waals surface area contributed by atoms with Crippen LogP contribution in [0.5, 0.6) is 0 Å². The van der Waals surface area contributed by atoms with Gasteiger partial charge >= 0.3 is 5.97 Å². The van der Waals surface area contributed by atoms with Crippen LogP contribution in [0.3, 0.4) is 0 Å². The summed E-state index contributed by atoms with van der Waals surface area (Å²) in [7, 11) is 0. The zero-order valence-corrected chi connectivity index (χ0v) is 43.0. The average Bonchev–Trinajstić information content (AvgIpc) is 3.28. The standard InChI is InChI=1S/C57H113NO5/c1-4-7-10-13-16-19-22-25-27-28-30-31-33-36-39-42-45-48-53(63-57(62)50-47-44-41-38-35-24-21-18-15-12-9-6-3)51-56(61)58-54(52-59)55(60)49-46-43-40-37-34-32-29-26-23-20-17-14-11-8-5-2/h53-55,59-60H,4-52H2,1-3H3,(H,58,61). The molecule has 0 fully saturated rings. The van der Waals surface area contributed by atoms with Gasteiger partial charge in [-0.1, -0.05) is 290 Å². The highest BCUT2D eigenvalue weighted by molar-refractivity contribution is 5.77. The second-order valence-electron chi connectivity index (χ2n) is 20.1. The Labute approximate surface area is 394 Å². The molecule has 6 nitrogen and oxygen atoms in total. The van der Waals surface area contributed by atoms with Crippen LogP contribution in [-0.4, -0.2) is 46.9 Å². The number of rotatable bonds is 53. The Bertz CT molecular complexity index is 913. The highest BCUT2D eigenvalue weighted by atomic mass is 16.5. The Morgan fingerprint density at radius 3 is 0.968 bits per heavy atom. The van der Waals surface area contributed by atoms with Gasteiger partial charge in [0.15, 0.2) is 0 Å². The molecule has 0 spiro atoms. The first-order chi connectivity index (χ1) is 31.0. The zero-order chi connectivity index (χ0) is 45.9. The number of amides is 1. The quantitative estimate of drug-likeness (QED) is 0.0418. The van der Waals surface area contributed by atoms with Crippen LogP contribution >= 0.6 is 0 Å². The topological polar surface area (TPSA) is 95.9 Å². The fourth-order valence-corrected chi connectivity index (χ4v) is 9.32. The van der Waals surface area contributed by atoms with E-state index in [9.17, 15) is 19.8 Å². The molecule has 63 heavy (non-hydrogen) atoms. The fraction of sp³-hybridized carbons (Fsp3) is 0.965. The maximum absolute atomic E-state index is 13.3. The third kappa shape index (κ3) is 47.2. The summed E-state index contributed by atoms with van der Waals surface area (Å²) in [6.07, 6.45) is 57.4. The van der Waals surface area contributed by atoms with E-state index in [-0.39, 0.29) is 24.9 Å². The summed E-state index contributed by atoms with van der Waals surface area (Å²) in [6, 6.07) is -0.693. The number of aliphatic hydroxyl groups excluding tert-OH is 2. The van der Waals surface area contributed by atoms with E-state index in [1.165, 1.54) is 244 Å². The summed E-state index contributed by atoms with van der Waals surface area (Å²) < 4.78 is 5.96. The van der Waals surface area contributed by atoms with Crippen molar-refractivity contribution in [3.8, 4) is 0 Å². The third-order valence-corrected chi connectivity index (χ3v) is 13.7. The van der Waals surface area contributed by atoms with Crippen molar-refractivity contribution in [3.63, 3.8) is 0 Å². The largest absolute Gasteiger partial charge is 0.462 e. The van der Waals surface area contributed by atoms with Gasteiger partial charge in [0.1, 0.15) is 6.10 Å². The molecule has 0 saturated heterocycles. The van der Waals surface area contributed by atoms with Crippen molar-refractivity contribution in [2.24, 2.45) is 0 Å². The minimum Gasteiger partial charge on any atom is -0.462 e. The number of ether oxygens (including phenoxy) is 1. The van der Waals surface area contributed by atoms with Crippen molar-refractivity contribution in [2.45, 2.75) is 347 Å². The van der Waals surface area contributed by atoms with Gasteiger partial charge in [-0.25, -0.2) is 0 Å². The van der Waals surface area contributed by atoms with Gasteiger partial charge in [0.25, 0.3) is 0 Å². The molecule has 0 aromatic carbocycles. The molecular formula is C57H113NO5. The average molecular weight is 893 g/mol. The van der Waals surface area contributed by atoms with Crippen molar-refractivity contribution in [1.82, 2.24) is 5.32 Å². The molecule has 6 heteroatoms. The summed E-state index contributed by atoms with van der Waals surface area (Å²) >= 11 is 0. The normalized spacial score (nSPS) is 13.0. The van der Waals surface area contributed by atoms with Crippen molar-refractivity contribution >= 4 is 11.9 Å². The van der Waals surface area contributed by atoms with Gasteiger partial charge in [0, 0.05) is 6.42 Å². The lowest BCUT2D eigenvalue weighted by Gasteiger charge is -2.24. The summed E-state index contributed by atoms with van der Waals surface area (Å²) in [5, 5.41) is 23.9. The van der Waals surface area contributed by atoms with Gasteiger partial charge in [-0.05, 0) is 25.7 Å². The maximum atomic E-state index is 13.3. The van der Waals surface area contributed by atoms with Gasteiger partial charge in [0.2, 0.25) is 5.91 Å². The van der Waals surface area contributed by atoms with Crippen molar-refractivity contribution in [3.05, 3.63) is 0 Å². The highest BCUT2D eigenvalue weighted by Gasteiger charge is 2.24. The van der Waals surface area contributed by atoms with Crippen LogP contribution < -0.4 is 5.32 Å². The lowest BCUT2D eigenvalue weighted by Crippen LogP contribution is -2.46. The van der Waals surface area contributed by atoms with Crippen LogP contribution in [0.25, 0.3) is 0 Å². The zero-order valence-electron chi connectivity index (χ0n) is 43.0. The van der Waals surface area contributed by atoms with E-state index in [4.69, 9.17) is 4.74 Å². The molecular weight excluding hydrogens is 779 g/mol. The Kier molecular flexibility index (Phi) is 50.9. The lowest BCUT2D eigenvalue weighted by atomic mass is 10.0. The molecule has 1 amide bonds. The highest BCUT2D eigenvalue weighted by Crippen LogP contribution is 2.19. The fourth-order valence-electron chi connectivity index (χ4n) is 9.32. The van der Waals surface area contributed by atoms with E-state index in [2.05, 4.69) is 26.1 Å². The van der Waals surface area contributed by atoms with Gasteiger partial charge in [-0.2, -0.15) is 0 Å². The molecule has 376 valence electrons. The predicted molar refractivity (Wildman–Crippen MR) is 274 cm³/mol. The van der Waals surface area contributed by atoms with E-state index in [1.54, 1.807) is 0 Å². The van der Waals surface area contributed by atoms with E-state index in [0.717, 1.165) is 38.5 Å². The molecule has 3 atom stereocenters. The summed E-state index contributed by atoms with van der Waals surface area (Å²) in [4.78, 5) is 26.2. The number of hydrogen-bond acceptors (Lipinski definition) is 5. The SMILES string of the molecule is CCCCCCCCCCCCCCCCCCCC(CC(=O)NC(CO)C(O)CCCCCCCCCCCCCCCCC)OC(=O)CCCCCCCCCCCCCC. The Hall–Kier alpha value is -1.14. The smallest absolute Gasteiger partial charge is 0.306 e. The Balaban J connectivity index is 4.47. The molecule has 0 aromatic heterocycles. The summed E-state index contributed by atoms with van der Waals surface area (Å²) in [5.74, 6) is -0.446. The second kappa shape index (κ2) is 51.8. The molecule has 0 heterocycles. The summed E-state index contributed by atoms with van der Waals surface area (Å²) in [6.45, 7) is 6.53. The molecule has 0 saturated carbocycles. The summed E-state index contributed by atoms with van der Waals surface area (Å²) in [5.41, 5.74) is 0. The van der Waals surface area contributed by atoms with Crippen LogP contribution in [0, 0.1) is 0 Å². The maximum Gasteiger partial charge on any atom is 0.306 e. The van der Waals surface area contributed by atoms with Gasteiger partial charge in [-0.15, -0.1) is 0 Å². The number of carbonyl (C=O) groups is 2. The minimum atomic E-state index is -0.780. The van der Waals surface area contributed by atoms with Crippen LogP contribution in [-0.2, 0) is 14.3 Å².